The minimum atomic E-state index is -0.493. The Labute approximate surface area is 149 Å². The Bertz CT molecular complexity index is 1230. The number of aromatic nitrogens is 3. The number of hydrogen-bond acceptors (Lipinski definition) is 6. The number of pyridine rings is 2. The van der Waals surface area contributed by atoms with Crippen molar-refractivity contribution in [3.8, 4) is 16.0 Å². The summed E-state index contributed by atoms with van der Waals surface area (Å²) in [6.07, 6.45) is 1.62. The lowest BCUT2D eigenvalue weighted by Gasteiger charge is -2.05. The Hall–Kier alpha value is -3.02. The highest BCUT2D eigenvalue weighted by Gasteiger charge is 2.10. The van der Waals surface area contributed by atoms with E-state index in [2.05, 4.69) is 9.97 Å². The molecule has 0 radical (unpaired) electrons. The monoisotopic (exact) mass is 366 g/mol. The third-order valence-electron chi connectivity index (χ3n) is 3.72. The highest BCUT2D eigenvalue weighted by atomic mass is 32.1. The molecule has 0 fully saturated rings. The molecule has 0 aromatic carbocycles. The molecule has 0 atom stereocenters. The van der Waals surface area contributed by atoms with Crippen LogP contribution in [-0.2, 0) is 6.54 Å². The lowest BCUT2D eigenvalue weighted by molar-refractivity contribution is 0.752. The maximum absolute atomic E-state index is 12.7. The molecule has 0 spiro atoms. The van der Waals surface area contributed by atoms with Gasteiger partial charge in [0.1, 0.15) is 16.6 Å². The maximum atomic E-state index is 12.7. The van der Waals surface area contributed by atoms with Gasteiger partial charge in [0.05, 0.1) is 28.0 Å². The van der Waals surface area contributed by atoms with Crippen LogP contribution in [0.5, 0.6) is 0 Å². The first-order chi connectivity index (χ1) is 12.2. The lowest BCUT2D eigenvalue weighted by Crippen LogP contribution is -2.22. The largest absolute Gasteiger partial charge is 0.321 e. The first-order valence-electron chi connectivity index (χ1n) is 7.30. The van der Waals surface area contributed by atoms with Crippen molar-refractivity contribution in [1.29, 1.82) is 5.26 Å². The molecule has 4 rings (SSSR count). The van der Waals surface area contributed by atoms with Gasteiger partial charge in [0, 0.05) is 11.6 Å². The van der Waals surface area contributed by atoms with Crippen molar-refractivity contribution in [3.63, 3.8) is 0 Å². The predicted octanol–water partition coefficient (Wildman–Crippen LogP) is 2.79. The maximum Gasteiger partial charge on any atom is 0.266 e. The van der Waals surface area contributed by atoms with Gasteiger partial charge in [-0.3, -0.25) is 9.59 Å². The predicted molar refractivity (Wildman–Crippen MR) is 98.1 cm³/mol. The SMILES string of the molecule is N#Cc1cc2c(=O)n(Cc3csc(-c4cccs4)n3)ccc2[nH]c1=O. The number of nitriles is 1. The van der Waals surface area contributed by atoms with Crippen LogP contribution >= 0.6 is 22.7 Å². The standard InChI is InChI=1S/C17H10N4O2S2/c18-7-10-6-12-13(20-15(10)22)3-4-21(17(12)23)8-11-9-25-16(19-11)14-2-1-5-24-14/h1-6,9H,8H2,(H,20,22). The van der Waals surface area contributed by atoms with Crippen LogP contribution in [0, 0.1) is 11.3 Å². The van der Waals surface area contributed by atoms with Gasteiger partial charge in [0.25, 0.3) is 11.1 Å². The van der Waals surface area contributed by atoms with Crippen LogP contribution in [0.4, 0.5) is 0 Å². The van der Waals surface area contributed by atoms with E-state index in [1.54, 1.807) is 29.7 Å². The summed E-state index contributed by atoms with van der Waals surface area (Å²) in [4.78, 5) is 32.6. The van der Waals surface area contributed by atoms with Gasteiger partial charge in [-0.1, -0.05) is 6.07 Å². The number of aromatic amines is 1. The van der Waals surface area contributed by atoms with E-state index < -0.39 is 5.56 Å². The van der Waals surface area contributed by atoms with Gasteiger partial charge in [-0.2, -0.15) is 5.26 Å². The molecule has 6 nitrogen and oxygen atoms in total. The van der Waals surface area contributed by atoms with Crippen molar-refractivity contribution in [1.82, 2.24) is 14.5 Å². The molecule has 0 aliphatic rings. The fourth-order valence-electron chi connectivity index (χ4n) is 2.52. The number of nitrogens with zero attached hydrogens (tertiary/aromatic N) is 3. The average molecular weight is 366 g/mol. The molecule has 0 aliphatic carbocycles. The van der Waals surface area contributed by atoms with Crippen LogP contribution in [0.1, 0.15) is 11.3 Å². The topological polar surface area (TPSA) is 91.5 Å². The third-order valence-corrected chi connectivity index (χ3v) is 5.65. The molecule has 0 saturated carbocycles. The third kappa shape index (κ3) is 2.80. The van der Waals surface area contributed by atoms with Gasteiger partial charge < -0.3 is 9.55 Å². The van der Waals surface area contributed by atoms with Crippen molar-refractivity contribution < 1.29 is 0 Å². The molecule has 4 aromatic heterocycles. The fourth-order valence-corrected chi connectivity index (χ4v) is 4.14. The lowest BCUT2D eigenvalue weighted by atomic mass is 10.2. The normalized spacial score (nSPS) is 10.8. The zero-order valence-corrected chi connectivity index (χ0v) is 14.4. The molecule has 25 heavy (non-hydrogen) atoms. The molecular weight excluding hydrogens is 356 g/mol. The number of nitrogens with one attached hydrogen (secondary N) is 1. The number of fused-ring (bicyclic) bond motifs is 1. The van der Waals surface area contributed by atoms with Gasteiger partial charge in [-0.25, -0.2) is 4.98 Å². The van der Waals surface area contributed by atoms with Crippen LogP contribution in [-0.4, -0.2) is 14.5 Å². The van der Waals surface area contributed by atoms with E-state index in [1.807, 2.05) is 22.9 Å². The highest BCUT2D eigenvalue weighted by Crippen LogP contribution is 2.27. The van der Waals surface area contributed by atoms with E-state index in [9.17, 15) is 9.59 Å². The highest BCUT2D eigenvalue weighted by molar-refractivity contribution is 7.20. The molecule has 8 heteroatoms. The van der Waals surface area contributed by atoms with E-state index in [0.29, 0.717) is 17.4 Å². The van der Waals surface area contributed by atoms with Gasteiger partial charge in [0.2, 0.25) is 0 Å². The van der Waals surface area contributed by atoms with Crippen molar-refractivity contribution in [2.45, 2.75) is 6.54 Å². The summed E-state index contributed by atoms with van der Waals surface area (Å²) >= 11 is 3.16. The zero-order chi connectivity index (χ0) is 17.4. The summed E-state index contributed by atoms with van der Waals surface area (Å²) in [5, 5.41) is 14.1. The molecule has 122 valence electrons. The van der Waals surface area contributed by atoms with Gasteiger partial charge in [-0.15, -0.1) is 22.7 Å². The van der Waals surface area contributed by atoms with E-state index >= 15 is 0 Å². The smallest absolute Gasteiger partial charge is 0.266 e. The van der Waals surface area contributed by atoms with E-state index in [4.69, 9.17) is 5.26 Å². The van der Waals surface area contributed by atoms with Crippen LogP contribution in [0.15, 0.2) is 50.8 Å². The average Bonchev–Trinajstić information content (AvgIpc) is 3.28. The van der Waals surface area contributed by atoms with Crippen LogP contribution in [0.25, 0.3) is 20.8 Å². The van der Waals surface area contributed by atoms with Crippen molar-refractivity contribution >= 4 is 33.6 Å². The van der Waals surface area contributed by atoms with Crippen molar-refractivity contribution in [2.75, 3.05) is 0 Å². The quantitative estimate of drug-likeness (QED) is 0.603. The molecule has 0 aliphatic heterocycles. The van der Waals surface area contributed by atoms with E-state index in [-0.39, 0.29) is 11.1 Å². The first kappa shape index (κ1) is 15.5. The number of H-pyrrole nitrogens is 1. The Kier molecular flexibility index (Phi) is 3.80. The molecule has 0 saturated heterocycles. The Morgan fingerprint density at radius 3 is 2.92 bits per heavy atom. The molecule has 4 heterocycles. The van der Waals surface area contributed by atoms with Crippen molar-refractivity contribution in [2.24, 2.45) is 0 Å². The Morgan fingerprint density at radius 2 is 2.16 bits per heavy atom. The molecular formula is C17H10N4O2S2. The second-order valence-corrected chi connectivity index (χ2v) is 7.13. The number of thiazole rings is 1. The van der Waals surface area contributed by atoms with Crippen LogP contribution in [0.3, 0.4) is 0 Å². The number of thiophene rings is 1. The van der Waals surface area contributed by atoms with Crippen molar-refractivity contribution in [3.05, 3.63) is 73.2 Å². The summed E-state index contributed by atoms with van der Waals surface area (Å²) < 4.78 is 1.52. The van der Waals surface area contributed by atoms with Gasteiger partial charge >= 0.3 is 0 Å². The van der Waals surface area contributed by atoms with E-state index in [1.165, 1.54) is 22.0 Å². The van der Waals surface area contributed by atoms with Crippen LogP contribution < -0.4 is 11.1 Å². The molecule has 0 unspecified atom stereocenters. The number of rotatable bonds is 3. The second-order valence-electron chi connectivity index (χ2n) is 5.32. The summed E-state index contributed by atoms with van der Waals surface area (Å²) in [5.41, 5.74) is 0.377. The van der Waals surface area contributed by atoms with E-state index in [0.717, 1.165) is 15.6 Å². The second kappa shape index (κ2) is 6.12. The zero-order valence-electron chi connectivity index (χ0n) is 12.7. The molecule has 0 bridgehead atoms. The fraction of sp³-hybridized carbons (Fsp3) is 0.0588. The van der Waals surface area contributed by atoms with Crippen LogP contribution in [0.2, 0.25) is 0 Å². The number of hydrogen-bond donors (Lipinski definition) is 1. The summed E-state index contributed by atoms with van der Waals surface area (Å²) in [7, 11) is 0. The first-order valence-corrected chi connectivity index (χ1v) is 9.06. The van der Waals surface area contributed by atoms with Gasteiger partial charge in [0.15, 0.2) is 0 Å². The molecule has 4 aromatic rings. The molecule has 1 N–H and O–H groups in total. The minimum absolute atomic E-state index is 0.0732. The Morgan fingerprint density at radius 1 is 1.28 bits per heavy atom. The summed E-state index contributed by atoms with van der Waals surface area (Å²) in [6, 6.07) is 8.78. The molecule has 0 amide bonds. The Balaban J connectivity index is 1.74. The van der Waals surface area contributed by atoms with Gasteiger partial charge in [-0.05, 0) is 23.6 Å². The minimum Gasteiger partial charge on any atom is -0.321 e. The summed E-state index contributed by atoms with van der Waals surface area (Å²) in [6.45, 7) is 0.331. The summed E-state index contributed by atoms with van der Waals surface area (Å²) in [5.74, 6) is 0.